The van der Waals surface area contributed by atoms with E-state index in [1.807, 2.05) is 24.3 Å². The van der Waals surface area contributed by atoms with Crippen LogP contribution < -0.4 is 0 Å². The molecule has 34 heavy (non-hydrogen) atoms. The first-order valence-electron chi connectivity index (χ1n) is 12.4. The molecule has 2 aromatic rings. The third kappa shape index (κ3) is 10.5. The predicted molar refractivity (Wildman–Crippen MR) is 133 cm³/mol. The molecule has 0 aromatic heterocycles. The molecule has 0 unspecified atom stereocenters. The Hall–Kier alpha value is -2.70. The Morgan fingerprint density at radius 1 is 0.500 bits per heavy atom. The second kappa shape index (κ2) is 16.8. The molecule has 186 valence electrons. The van der Waals surface area contributed by atoms with Crippen LogP contribution in [0.3, 0.4) is 0 Å². The van der Waals surface area contributed by atoms with Gasteiger partial charge in [-0.1, -0.05) is 62.8 Å². The van der Waals surface area contributed by atoms with Gasteiger partial charge in [0.25, 0.3) is 0 Å². The van der Waals surface area contributed by atoms with E-state index in [0.717, 1.165) is 75.3 Å². The zero-order chi connectivity index (χ0) is 24.4. The highest BCUT2D eigenvalue weighted by Crippen LogP contribution is 2.21. The molecule has 2 rings (SSSR count). The molecule has 0 aliphatic rings. The third-order valence-corrected chi connectivity index (χ3v) is 5.65. The third-order valence-electron chi connectivity index (χ3n) is 5.65. The van der Waals surface area contributed by atoms with Gasteiger partial charge in [-0.25, -0.2) is 9.59 Å². The molecule has 0 fully saturated rings. The van der Waals surface area contributed by atoms with E-state index < -0.39 is 0 Å². The van der Waals surface area contributed by atoms with Gasteiger partial charge in [0.1, 0.15) is 0 Å². The number of esters is 2. The molecule has 0 saturated carbocycles. The number of ether oxygens (including phenoxy) is 2. The zero-order valence-electron chi connectivity index (χ0n) is 20.0. The van der Waals surface area contributed by atoms with Crippen molar-refractivity contribution in [3.05, 3.63) is 59.7 Å². The zero-order valence-corrected chi connectivity index (χ0v) is 20.0. The fraction of sp³-hybridized carbons (Fsp3) is 0.500. The summed E-state index contributed by atoms with van der Waals surface area (Å²) in [6, 6.07) is 14.5. The van der Waals surface area contributed by atoms with Gasteiger partial charge in [-0.2, -0.15) is 0 Å². The minimum absolute atomic E-state index is 0.232. The van der Waals surface area contributed by atoms with Crippen LogP contribution in [0.4, 0.5) is 0 Å². The van der Waals surface area contributed by atoms with Gasteiger partial charge in [0, 0.05) is 13.2 Å². The maximum Gasteiger partial charge on any atom is 0.338 e. The van der Waals surface area contributed by atoms with E-state index in [-0.39, 0.29) is 25.2 Å². The van der Waals surface area contributed by atoms with Crippen molar-refractivity contribution in [3.8, 4) is 11.1 Å². The van der Waals surface area contributed by atoms with Gasteiger partial charge in [0.15, 0.2) is 0 Å². The number of hydrogen-bond donors (Lipinski definition) is 2. The molecule has 0 heterocycles. The van der Waals surface area contributed by atoms with Crippen LogP contribution in [-0.2, 0) is 9.47 Å². The lowest BCUT2D eigenvalue weighted by Crippen LogP contribution is -2.06. The van der Waals surface area contributed by atoms with Gasteiger partial charge in [-0.15, -0.1) is 0 Å². The Bertz CT molecular complexity index is 757. The van der Waals surface area contributed by atoms with E-state index in [1.165, 1.54) is 0 Å². The first-order chi connectivity index (χ1) is 16.7. The minimum atomic E-state index is -0.326. The highest BCUT2D eigenvalue weighted by molar-refractivity contribution is 5.91. The first-order valence-corrected chi connectivity index (χ1v) is 12.4. The van der Waals surface area contributed by atoms with E-state index in [9.17, 15) is 9.59 Å². The van der Waals surface area contributed by atoms with E-state index in [2.05, 4.69) is 0 Å². The van der Waals surface area contributed by atoms with E-state index >= 15 is 0 Å². The SMILES string of the molecule is O=C(OCCCCCCCO)c1ccc(-c2ccc(C(=O)OCCCCCCCO)cc2)cc1. The molecule has 6 heteroatoms. The van der Waals surface area contributed by atoms with Gasteiger partial charge in [0.2, 0.25) is 0 Å². The van der Waals surface area contributed by atoms with Crippen LogP contribution in [0.5, 0.6) is 0 Å². The van der Waals surface area contributed by atoms with E-state index in [0.29, 0.717) is 24.3 Å². The van der Waals surface area contributed by atoms with Crippen LogP contribution in [0.25, 0.3) is 11.1 Å². The number of benzene rings is 2. The van der Waals surface area contributed by atoms with E-state index in [1.54, 1.807) is 24.3 Å². The molecule has 0 aliphatic carbocycles. The number of aliphatic hydroxyl groups excluding tert-OH is 2. The van der Waals surface area contributed by atoms with Crippen molar-refractivity contribution < 1.29 is 29.3 Å². The van der Waals surface area contributed by atoms with Gasteiger partial charge < -0.3 is 19.7 Å². The topological polar surface area (TPSA) is 93.1 Å². The molecule has 0 bridgehead atoms. The summed E-state index contributed by atoms with van der Waals surface area (Å²) < 4.78 is 10.7. The van der Waals surface area contributed by atoms with Crippen molar-refractivity contribution in [1.29, 1.82) is 0 Å². The van der Waals surface area contributed by atoms with Gasteiger partial charge in [-0.05, 0) is 61.1 Å². The van der Waals surface area contributed by atoms with Crippen molar-refractivity contribution in [2.24, 2.45) is 0 Å². The van der Waals surface area contributed by atoms with Crippen molar-refractivity contribution in [1.82, 2.24) is 0 Å². The lowest BCUT2D eigenvalue weighted by Gasteiger charge is -2.08. The molecule has 2 aromatic carbocycles. The van der Waals surface area contributed by atoms with Crippen molar-refractivity contribution in [3.63, 3.8) is 0 Å². The minimum Gasteiger partial charge on any atom is -0.462 e. The summed E-state index contributed by atoms with van der Waals surface area (Å²) in [6.45, 7) is 1.27. The molecule has 0 atom stereocenters. The standard InChI is InChI=1S/C28H38O6/c29-19-7-3-1-5-9-21-33-27(31)25-15-11-23(12-16-25)24-13-17-26(18-14-24)28(32)34-22-10-6-2-4-8-20-30/h11-18,29-30H,1-10,19-22H2. The highest BCUT2D eigenvalue weighted by atomic mass is 16.5. The molecule has 0 amide bonds. The first kappa shape index (κ1) is 27.5. The maximum atomic E-state index is 12.2. The lowest BCUT2D eigenvalue weighted by molar-refractivity contribution is 0.0488. The van der Waals surface area contributed by atoms with Crippen molar-refractivity contribution >= 4 is 11.9 Å². The molecule has 0 spiro atoms. The van der Waals surface area contributed by atoms with Crippen LogP contribution in [0, 0.1) is 0 Å². The van der Waals surface area contributed by atoms with Crippen molar-refractivity contribution in [2.75, 3.05) is 26.4 Å². The Morgan fingerprint density at radius 2 is 0.824 bits per heavy atom. The summed E-state index contributed by atoms with van der Waals surface area (Å²) in [6.07, 6.45) is 9.36. The summed E-state index contributed by atoms with van der Waals surface area (Å²) in [5.74, 6) is -0.651. The van der Waals surface area contributed by atoms with Gasteiger partial charge in [-0.3, -0.25) is 0 Å². The molecule has 0 aliphatic heterocycles. The number of carbonyl (C=O) groups excluding carboxylic acids is 2. The van der Waals surface area contributed by atoms with Gasteiger partial charge >= 0.3 is 11.9 Å². The molecule has 2 N–H and O–H groups in total. The smallest absolute Gasteiger partial charge is 0.338 e. The fourth-order valence-electron chi connectivity index (χ4n) is 3.58. The predicted octanol–water partition coefficient (Wildman–Crippen LogP) is 5.55. The Morgan fingerprint density at radius 3 is 1.18 bits per heavy atom. The lowest BCUT2D eigenvalue weighted by atomic mass is 10.0. The largest absolute Gasteiger partial charge is 0.462 e. The Kier molecular flexibility index (Phi) is 13.6. The second-order valence-electron chi connectivity index (χ2n) is 8.41. The summed E-state index contributed by atoms with van der Waals surface area (Å²) in [5, 5.41) is 17.5. The number of aliphatic hydroxyl groups is 2. The average Bonchev–Trinajstić information content (AvgIpc) is 2.87. The van der Waals surface area contributed by atoms with Crippen LogP contribution in [0.2, 0.25) is 0 Å². The number of unbranched alkanes of at least 4 members (excludes halogenated alkanes) is 8. The Balaban J connectivity index is 1.73. The highest BCUT2D eigenvalue weighted by Gasteiger charge is 2.09. The van der Waals surface area contributed by atoms with E-state index in [4.69, 9.17) is 19.7 Å². The summed E-state index contributed by atoms with van der Waals surface area (Å²) in [5.41, 5.74) is 2.92. The van der Waals surface area contributed by atoms with Crippen molar-refractivity contribution in [2.45, 2.75) is 64.2 Å². The molecule has 6 nitrogen and oxygen atoms in total. The summed E-state index contributed by atoms with van der Waals surface area (Å²) in [7, 11) is 0. The second-order valence-corrected chi connectivity index (χ2v) is 8.41. The monoisotopic (exact) mass is 470 g/mol. The molecule has 0 radical (unpaired) electrons. The molecule has 0 saturated heterocycles. The maximum absolute atomic E-state index is 12.2. The molecular weight excluding hydrogens is 432 g/mol. The summed E-state index contributed by atoms with van der Waals surface area (Å²) >= 11 is 0. The van der Waals surface area contributed by atoms with Crippen LogP contribution in [0.15, 0.2) is 48.5 Å². The number of hydrogen-bond acceptors (Lipinski definition) is 6. The van der Waals surface area contributed by atoms with Gasteiger partial charge in [0.05, 0.1) is 24.3 Å². The number of rotatable bonds is 17. The average molecular weight is 471 g/mol. The van der Waals surface area contributed by atoms with Crippen LogP contribution >= 0.6 is 0 Å². The quantitative estimate of drug-likeness (QED) is 0.232. The summed E-state index contributed by atoms with van der Waals surface area (Å²) in [4.78, 5) is 24.4. The normalized spacial score (nSPS) is 10.8. The molecular formula is C28H38O6. The Labute approximate surface area is 202 Å². The number of carbonyl (C=O) groups is 2. The van der Waals surface area contributed by atoms with Crippen LogP contribution in [0.1, 0.15) is 84.9 Å². The van der Waals surface area contributed by atoms with Crippen LogP contribution in [-0.4, -0.2) is 48.6 Å². The fourth-order valence-corrected chi connectivity index (χ4v) is 3.58.